The van der Waals surface area contributed by atoms with Crippen molar-refractivity contribution in [3.8, 4) is 0 Å². The Balaban J connectivity index is 2.19. The zero-order valence-corrected chi connectivity index (χ0v) is 10.1. The number of hydrogen-bond acceptors (Lipinski definition) is 2. The molecule has 0 aliphatic carbocycles. The van der Waals surface area contributed by atoms with Crippen LogP contribution in [0.2, 0.25) is 0 Å². The largest absolute Gasteiger partial charge is 0.371 e. The molecule has 1 N–H and O–H groups in total. The fraction of sp³-hybridized carbons (Fsp3) is 0.455. The monoisotopic (exact) mass is 291 g/mol. The van der Waals surface area contributed by atoms with Crippen molar-refractivity contribution in [3.63, 3.8) is 0 Å². The zero-order chi connectivity index (χ0) is 11.5. The molecule has 0 bridgehead atoms. The number of hydrogen-bond donors (Lipinski definition) is 1. The molecule has 1 aliphatic heterocycles. The third kappa shape index (κ3) is 2.59. The van der Waals surface area contributed by atoms with Crippen molar-refractivity contribution < 1.29 is 13.5 Å². The van der Waals surface area contributed by atoms with Crippen molar-refractivity contribution in [2.75, 3.05) is 19.7 Å². The van der Waals surface area contributed by atoms with Gasteiger partial charge in [-0.3, -0.25) is 0 Å². The van der Waals surface area contributed by atoms with E-state index in [1.54, 1.807) is 12.1 Å². The highest BCUT2D eigenvalue weighted by Gasteiger charge is 2.18. The fourth-order valence-corrected chi connectivity index (χ4v) is 2.27. The van der Waals surface area contributed by atoms with Gasteiger partial charge in [0.2, 0.25) is 0 Å². The van der Waals surface area contributed by atoms with E-state index in [0.29, 0.717) is 11.1 Å². The van der Waals surface area contributed by atoms with Crippen LogP contribution in [0.3, 0.4) is 0 Å². The van der Waals surface area contributed by atoms with Crippen molar-refractivity contribution in [3.05, 3.63) is 33.8 Å². The minimum atomic E-state index is -2.45. The summed E-state index contributed by atoms with van der Waals surface area (Å²) in [5.41, 5.74) is 0.941. The fourth-order valence-electron chi connectivity index (χ4n) is 1.70. The molecule has 1 aliphatic rings. The molecule has 5 heteroatoms. The average Bonchev–Trinajstić information content (AvgIpc) is 2.29. The molecule has 1 unspecified atom stereocenters. The molecule has 0 saturated carbocycles. The van der Waals surface area contributed by atoms with Crippen molar-refractivity contribution >= 4 is 15.9 Å². The van der Waals surface area contributed by atoms with Gasteiger partial charge in [-0.25, -0.2) is 8.78 Å². The number of benzene rings is 1. The lowest BCUT2D eigenvalue weighted by molar-refractivity contribution is 0.0276. The maximum absolute atomic E-state index is 12.5. The third-order valence-electron chi connectivity index (χ3n) is 2.56. The molecule has 88 valence electrons. The first kappa shape index (κ1) is 12.0. The third-order valence-corrected chi connectivity index (χ3v) is 3.25. The topological polar surface area (TPSA) is 21.3 Å². The lowest BCUT2D eigenvalue weighted by Gasteiger charge is -2.24. The summed E-state index contributed by atoms with van der Waals surface area (Å²) in [4.78, 5) is 0. The second-order valence-corrected chi connectivity index (χ2v) is 4.50. The van der Waals surface area contributed by atoms with Gasteiger partial charge in [-0.2, -0.15) is 0 Å². The lowest BCUT2D eigenvalue weighted by Crippen LogP contribution is -2.33. The van der Waals surface area contributed by atoms with E-state index >= 15 is 0 Å². The predicted octanol–water partition coefficient (Wildman–Crippen LogP) is 3.05. The van der Waals surface area contributed by atoms with E-state index in [0.717, 1.165) is 18.7 Å². The molecule has 2 rings (SSSR count). The summed E-state index contributed by atoms with van der Waals surface area (Å²) >= 11 is 3.16. The summed E-state index contributed by atoms with van der Waals surface area (Å²) in [5.74, 6) is 0. The molecule has 0 amide bonds. The van der Waals surface area contributed by atoms with Crippen LogP contribution in [0.1, 0.15) is 23.7 Å². The summed E-state index contributed by atoms with van der Waals surface area (Å²) in [6, 6.07) is 4.85. The second-order valence-electron chi connectivity index (χ2n) is 3.65. The van der Waals surface area contributed by atoms with Crippen LogP contribution >= 0.6 is 15.9 Å². The van der Waals surface area contributed by atoms with E-state index in [4.69, 9.17) is 4.74 Å². The maximum Gasteiger partial charge on any atom is 0.264 e. The molecule has 1 saturated heterocycles. The molecule has 1 aromatic rings. The van der Waals surface area contributed by atoms with E-state index in [9.17, 15) is 8.78 Å². The Bertz CT molecular complexity index is 367. The van der Waals surface area contributed by atoms with Crippen molar-refractivity contribution in [1.29, 1.82) is 0 Å². The molecule has 1 fully saturated rings. The first-order valence-electron chi connectivity index (χ1n) is 5.08. The Morgan fingerprint density at radius 3 is 2.81 bits per heavy atom. The lowest BCUT2D eigenvalue weighted by atomic mass is 10.1. The summed E-state index contributed by atoms with van der Waals surface area (Å²) in [7, 11) is 0. The van der Waals surface area contributed by atoms with Gasteiger partial charge < -0.3 is 10.1 Å². The van der Waals surface area contributed by atoms with Crippen LogP contribution < -0.4 is 5.32 Å². The van der Waals surface area contributed by atoms with E-state index in [1.807, 2.05) is 0 Å². The number of nitrogens with one attached hydrogen (secondary N) is 1. The first-order chi connectivity index (χ1) is 7.68. The van der Waals surface area contributed by atoms with Crippen LogP contribution in [0.4, 0.5) is 8.78 Å². The van der Waals surface area contributed by atoms with E-state index in [1.165, 1.54) is 6.07 Å². The Morgan fingerprint density at radius 2 is 2.25 bits per heavy atom. The average molecular weight is 292 g/mol. The Labute approximate surface area is 101 Å². The standard InChI is InChI=1S/C11H12BrF2NO/c12-9-5-7(1-2-8(9)11(13)14)10-6-15-3-4-16-10/h1-2,5,10-11,15H,3-4,6H2. The van der Waals surface area contributed by atoms with Gasteiger partial charge in [-0.1, -0.05) is 28.1 Å². The highest BCUT2D eigenvalue weighted by atomic mass is 79.9. The van der Waals surface area contributed by atoms with Crippen LogP contribution in [-0.4, -0.2) is 19.7 Å². The number of alkyl halides is 2. The Kier molecular flexibility index (Phi) is 3.89. The minimum Gasteiger partial charge on any atom is -0.371 e. The van der Waals surface area contributed by atoms with E-state index in [2.05, 4.69) is 21.2 Å². The first-order valence-corrected chi connectivity index (χ1v) is 5.87. The molecule has 0 aromatic heterocycles. The number of rotatable bonds is 2. The van der Waals surface area contributed by atoms with Gasteiger partial charge in [-0.15, -0.1) is 0 Å². The van der Waals surface area contributed by atoms with E-state index in [-0.39, 0.29) is 11.7 Å². The van der Waals surface area contributed by atoms with Crippen LogP contribution in [0.5, 0.6) is 0 Å². The SMILES string of the molecule is FC(F)c1ccc(C2CNCCO2)cc1Br. The molecule has 0 spiro atoms. The summed E-state index contributed by atoms with van der Waals surface area (Å²) < 4.78 is 31.0. The van der Waals surface area contributed by atoms with Crippen LogP contribution in [0.15, 0.2) is 22.7 Å². The highest BCUT2D eigenvalue weighted by molar-refractivity contribution is 9.10. The Morgan fingerprint density at radius 1 is 1.44 bits per heavy atom. The number of halogens is 3. The summed E-state index contributed by atoms with van der Waals surface area (Å²) in [5, 5.41) is 3.20. The van der Waals surface area contributed by atoms with Crippen LogP contribution in [0.25, 0.3) is 0 Å². The molecule has 1 aromatic carbocycles. The smallest absolute Gasteiger partial charge is 0.264 e. The molecule has 1 atom stereocenters. The molecule has 2 nitrogen and oxygen atoms in total. The van der Waals surface area contributed by atoms with Gasteiger partial charge in [0.1, 0.15) is 0 Å². The highest BCUT2D eigenvalue weighted by Crippen LogP contribution is 2.30. The normalized spacial score (nSPS) is 21.4. The molecular formula is C11H12BrF2NO. The predicted molar refractivity (Wildman–Crippen MR) is 60.7 cm³/mol. The summed E-state index contributed by atoms with van der Waals surface area (Å²) in [6.07, 6.45) is -2.49. The van der Waals surface area contributed by atoms with Gasteiger partial charge in [0.15, 0.2) is 0 Å². The summed E-state index contributed by atoms with van der Waals surface area (Å²) in [6.45, 7) is 2.21. The van der Waals surface area contributed by atoms with Gasteiger partial charge in [-0.05, 0) is 11.6 Å². The van der Waals surface area contributed by atoms with Gasteiger partial charge in [0, 0.05) is 23.1 Å². The Hall–Kier alpha value is -0.520. The number of morpholine rings is 1. The molecule has 1 heterocycles. The maximum atomic E-state index is 12.5. The van der Waals surface area contributed by atoms with Crippen molar-refractivity contribution in [1.82, 2.24) is 5.32 Å². The van der Waals surface area contributed by atoms with Crippen molar-refractivity contribution in [2.45, 2.75) is 12.5 Å². The zero-order valence-electron chi connectivity index (χ0n) is 8.55. The van der Waals surface area contributed by atoms with Crippen LogP contribution in [-0.2, 0) is 4.74 Å². The molecule has 0 radical (unpaired) electrons. The second kappa shape index (κ2) is 5.21. The van der Waals surface area contributed by atoms with Crippen LogP contribution in [0, 0.1) is 0 Å². The van der Waals surface area contributed by atoms with E-state index < -0.39 is 6.43 Å². The quantitative estimate of drug-likeness (QED) is 0.904. The molecule has 16 heavy (non-hydrogen) atoms. The van der Waals surface area contributed by atoms with Gasteiger partial charge >= 0.3 is 0 Å². The minimum absolute atomic E-state index is 0.0209. The van der Waals surface area contributed by atoms with Gasteiger partial charge in [0.05, 0.1) is 12.7 Å². The molecular weight excluding hydrogens is 280 g/mol. The van der Waals surface area contributed by atoms with Crippen molar-refractivity contribution in [2.24, 2.45) is 0 Å². The van der Waals surface area contributed by atoms with Gasteiger partial charge in [0.25, 0.3) is 6.43 Å². The number of ether oxygens (including phenoxy) is 1.